The fourth-order valence-electron chi connectivity index (χ4n) is 0.644. The average molecular weight is 244 g/mol. The van der Waals surface area contributed by atoms with Crippen molar-refractivity contribution < 1.29 is 36.6 Å². The second-order valence-electron chi connectivity index (χ2n) is 2.60. The Morgan fingerprint density at radius 2 is 1.25 bits per heavy atom. The number of halogens is 4. The van der Waals surface area contributed by atoms with E-state index in [1.54, 1.807) is 0 Å². The molecule has 0 radical (unpaired) electrons. The highest BCUT2D eigenvalue weighted by Crippen LogP contribution is 2.39. The van der Waals surface area contributed by atoms with Crippen LogP contribution in [0, 0.1) is 5.92 Å². The molecule has 1 aliphatic heterocycles. The van der Waals surface area contributed by atoms with Crippen molar-refractivity contribution in [3.05, 3.63) is 13.2 Å². The molecule has 0 aromatic rings. The monoisotopic (exact) mass is 244 g/mol. The van der Waals surface area contributed by atoms with E-state index in [0.717, 1.165) is 6.92 Å². The summed E-state index contributed by atoms with van der Waals surface area (Å²) in [4.78, 5) is 21.2. The molecule has 0 saturated carbocycles. The number of ether oxygens (including phenoxy) is 2. The van der Waals surface area contributed by atoms with Gasteiger partial charge in [-0.15, -0.1) is 13.2 Å². The minimum atomic E-state index is -5.13. The van der Waals surface area contributed by atoms with Crippen molar-refractivity contribution in [3.63, 3.8) is 0 Å². The maximum Gasteiger partial charge on any atom is 0.509 e. The second-order valence-corrected chi connectivity index (χ2v) is 2.60. The van der Waals surface area contributed by atoms with Crippen LogP contribution in [0.3, 0.4) is 0 Å². The molecule has 0 spiro atoms. The van der Waals surface area contributed by atoms with Crippen molar-refractivity contribution >= 4 is 11.9 Å². The minimum Gasteiger partial charge on any atom is -0.392 e. The third-order valence-electron chi connectivity index (χ3n) is 1.50. The molecule has 0 N–H and O–H groups in total. The zero-order chi connectivity index (χ0) is 13.1. The van der Waals surface area contributed by atoms with Gasteiger partial charge < -0.3 is 9.47 Å². The summed E-state index contributed by atoms with van der Waals surface area (Å²) in [7, 11) is 0. The molecule has 0 bridgehead atoms. The van der Waals surface area contributed by atoms with Crippen LogP contribution in [-0.4, -0.2) is 24.2 Å². The Hall–Kier alpha value is -1.60. The number of esters is 2. The predicted molar refractivity (Wildman–Crippen MR) is 42.5 cm³/mol. The predicted octanol–water partition coefficient (Wildman–Crippen LogP) is 1.71. The summed E-state index contributed by atoms with van der Waals surface area (Å²) in [6.07, 6.45) is -10.3. The summed E-state index contributed by atoms with van der Waals surface area (Å²) in [5, 5.41) is 0. The van der Waals surface area contributed by atoms with Crippen LogP contribution in [0.4, 0.5) is 17.6 Å². The number of hydrogen-bond acceptors (Lipinski definition) is 4. The standard InChI is InChI=1S/C6H4F4O4.C2H4/c1-2-3(11)13-5(7,8)6(9,10)14-4(2)12;1-2/h2H,1H3;1-2H2. The van der Waals surface area contributed by atoms with Crippen LogP contribution in [0.2, 0.25) is 0 Å². The molecule has 1 aliphatic rings. The number of carbonyl (C=O) groups is 2. The first-order valence-corrected chi connectivity index (χ1v) is 3.89. The summed E-state index contributed by atoms with van der Waals surface area (Å²) in [6.45, 7) is 6.82. The Balaban J connectivity index is 0.00000106. The zero-order valence-corrected chi connectivity index (χ0v) is 8.14. The highest BCUT2D eigenvalue weighted by Gasteiger charge is 2.67. The van der Waals surface area contributed by atoms with Gasteiger partial charge in [-0.25, -0.2) is 0 Å². The van der Waals surface area contributed by atoms with Gasteiger partial charge in [0.15, 0.2) is 5.92 Å². The van der Waals surface area contributed by atoms with Gasteiger partial charge in [-0.3, -0.25) is 9.59 Å². The number of hydrogen-bond donors (Lipinski definition) is 0. The first kappa shape index (κ1) is 14.4. The lowest BCUT2D eigenvalue weighted by Crippen LogP contribution is -2.44. The Labute approximate surface area is 87.8 Å². The van der Waals surface area contributed by atoms with E-state index in [4.69, 9.17) is 0 Å². The Morgan fingerprint density at radius 1 is 1.00 bits per heavy atom. The number of cyclic esters (lactones) is 2. The minimum absolute atomic E-state index is 0.822. The fourth-order valence-corrected chi connectivity index (χ4v) is 0.644. The SMILES string of the molecule is C=C.CC1C(=O)OC(F)(F)C(F)(F)OC1=O. The van der Waals surface area contributed by atoms with E-state index in [-0.39, 0.29) is 0 Å². The van der Waals surface area contributed by atoms with Gasteiger partial charge in [0.1, 0.15) is 0 Å². The topological polar surface area (TPSA) is 52.6 Å². The lowest BCUT2D eigenvalue weighted by molar-refractivity contribution is -0.398. The lowest BCUT2D eigenvalue weighted by Gasteiger charge is -2.20. The van der Waals surface area contributed by atoms with Gasteiger partial charge in [-0.2, -0.15) is 17.6 Å². The fraction of sp³-hybridized carbons (Fsp3) is 0.500. The summed E-state index contributed by atoms with van der Waals surface area (Å²) < 4.78 is 55.7. The Kier molecular flexibility index (Phi) is 4.05. The first-order chi connectivity index (χ1) is 7.17. The van der Waals surface area contributed by atoms with Crippen LogP contribution in [0.25, 0.3) is 0 Å². The number of alkyl halides is 4. The van der Waals surface area contributed by atoms with Crippen LogP contribution in [0.15, 0.2) is 13.2 Å². The van der Waals surface area contributed by atoms with Gasteiger partial charge in [0.2, 0.25) is 0 Å². The molecule has 1 rings (SSSR count). The molecule has 0 amide bonds. The van der Waals surface area contributed by atoms with E-state index in [2.05, 4.69) is 22.6 Å². The molecule has 4 nitrogen and oxygen atoms in total. The van der Waals surface area contributed by atoms with Crippen LogP contribution in [0.1, 0.15) is 6.92 Å². The number of rotatable bonds is 0. The first-order valence-electron chi connectivity index (χ1n) is 3.89. The van der Waals surface area contributed by atoms with Crippen LogP contribution in [0.5, 0.6) is 0 Å². The van der Waals surface area contributed by atoms with Crippen LogP contribution in [-0.2, 0) is 19.1 Å². The van der Waals surface area contributed by atoms with Crippen LogP contribution < -0.4 is 0 Å². The third kappa shape index (κ3) is 2.50. The van der Waals surface area contributed by atoms with Gasteiger partial charge in [-0.1, -0.05) is 0 Å². The highest BCUT2D eigenvalue weighted by atomic mass is 19.3. The van der Waals surface area contributed by atoms with E-state index in [9.17, 15) is 27.2 Å². The molecule has 0 aliphatic carbocycles. The molecule has 1 heterocycles. The second kappa shape index (κ2) is 4.50. The summed E-state index contributed by atoms with van der Waals surface area (Å²) >= 11 is 0. The largest absolute Gasteiger partial charge is 0.509 e. The molecule has 92 valence electrons. The van der Waals surface area contributed by atoms with Crippen LogP contribution >= 0.6 is 0 Å². The van der Waals surface area contributed by atoms with Gasteiger partial charge in [0, 0.05) is 0 Å². The summed E-state index contributed by atoms with van der Waals surface area (Å²) in [5.41, 5.74) is 0. The Bertz CT molecular complexity index is 274. The van der Waals surface area contributed by atoms with Gasteiger partial charge in [0.25, 0.3) is 0 Å². The van der Waals surface area contributed by atoms with E-state index < -0.39 is 30.1 Å². The normalized spacial score (nSPS) is 23.3. The molecular weight excluding hydrogens is 236 g/mol. The molecule has 1 saturated heterocycles. The smallest absolute Gasteiger partial charge is 0.392 e. The Morgan fingerprint density at radius 3 is 1.50 bits per heavy atom. The molecule has 0 aromatic carbocycles. The van der Waals surface area contributed by atoms with Crippen molar-refractivity contribution in [3.8, 4) is 0 Å². The van der Waals surface area contributed by atoms with Gasteiger partial charge >= 0.3 is 24.2 Å². The van der Waals surface area contributed by atoms with Crippen molar-refractivity contribution in [2.75, 3.05) is 0 Å². The molecule has 8 heteroatoms. The van der Waals surface area contributed by atoms with E-state index in [0.29, 0.717) is 0 Å². The van der Waals surface area contributed by atoms with Crippen molar-refractivity contribution in [1.82, 2.24) is 0 Å². The molecule has 0 unspecified atom stereocenters. The van der Waals surface area contributed by atoms with Gasteiger partial charge in [-0.05, 0) is 6.92 Å². The molecule has 0 atom stereocenters. The maximum absolute atomic E-state index is 12.4. The van der Waals surface area contributed by atoms with E-state index in [1.807, 2.05) is 0 Å². The lowest BCUT2D eigenvalue weighted by atomic mass is 10.2. The quantitative estimate of drug-likeness (QED) is 0.282. The van der Waals surface area contributed by atoms with Crippen molar-refractivity contribution in [1.29, 1.82) is 0 Å². The van der Waals surface area contributed by atoms with E-state index in [1.165, 1.54) is 0 Å². The van der Waals surface area contributed by atoms with Crippen molar-refractivity contribution in [2.24, 2.45) is 5.92 Å². The molecular formula is C8H8F4O4. The molecule has 1 fully saturated rings. The summed E-state index contributed by atoms with van der Waals surface area (Å²) in [5.74, 6) is -5.30. The maximum atomic E-state index is 12.4. The van der Waals surface area contributed by atoms with E-state index >= 15 is 0 Å². The number of carbonyl (C=O) groups excluding carboxylic acids is 2. The zero-order valence-electron chi connectivity index (χ0n) is 8.14. The third-order valence-corrected chi connectivity index (χ3v) is 1.50. The summed E-state index contributed by atoms with van der Waals surface area (Å²) in [6, 6.07) is 0. The molecule has 0 aromatic heterocycles. The molecule has 16 heavy (non-hydrogen) atoms. The average Bonchev–Trinajstić information content (AvgIpc) is 2.21. The highest BCUT2D eigenvalue weighted by molar-refractivity contribution is 5.95. The van der Waals surface area contributed by atoms with Crippen molar-refractivity contribution in [2.45, 2.75) is 19.1 Å². The van der Waals surface area contributed by atoms with Gasteiger partial charge in [0.05, 0.1) is 0 Å².